The first-order valence-electron chi connectivity index (χ1n) is 9.20. The lowest BCUT2D eigenvalue weighted by atomic mass is 10.1. The first kappa shape index (κ1) is 21.7. The van der Waals surface area contributed by atoms with Gasteiger partial charge in [-0.15, -0.1) is 0 Å². The average molecular weight is 370 g/mol. The molecule has 1 aromatic carbocycles. The van der Waals surface area contributed by atoms with Gasteiger partial charge in [0.1, 0.15) is 0 Å². The van der Waals surface area contributed by atoms with Crippen molar-refractivity contribution in [3.8, 4) is 28.7 Å². The van der Waals surface area contributed by atoms with Crippen molar-refractivity contribution in [2.75, 3.05) is 26.4 Å². The number of ether oxygens (including phenoxy) is 4. The molecule has 0 amide bonds. The van der Waals surface area contributed by atoms with E-state index in [1.54, 1.807) is 0 Å². The molecule has 0 aliphatic heterocycles. The Labute approximate surface area is 154 Å². The number of benzene rings is 1. The molecule has 0 aliphatic rings. The lowest BCUT2D eigenvalue weighted by Gasteiger charge is -2.22. The van der Waals surface area contributed by atoms with E-state index in [-0.39, 0.29) is 35.2 Å². The quantitative estimate of drug-likeness (QED) is 0.536. The van der Waals surface area contributed by atoms with Gasteiger partial charge in [-0.05, 0) is 25.7 Å². The first-order valence-corrected chi connectivity index (χ1v) is 9.20. The zero-order valence-electron chi connectivity index (χ0n) is 16.1. The summed E-state index contributed by atoms with van der Waals surface area (Å²) in [5, 5.41) is 20.2. The number of hydrogen-bond donors (Lipinski definition) is 2. The number of carbonyl (C=O) groups is 1. The van der Waals surface area contributed by atoms with E-state index in [2.05, 4.69) is 0 Å². The van der Waals surface area contributed by atoms with E-state index in [9.17, 15) is 15.0 Å². The van der Waals surface area contributed by atoms with Crippen LogP contribution in [0.5, 0.6) is 28.7 Å². The normalized spacial score (nSPS) is 10.5. The number of carboxylic acids is 1. The van der Waals surface area contributed by atoms with E-state index in [4.69, 9.17) is 18.9 Å². The summed E-state index contributed by atoms with van der Waals surface area (Å²) in [6, 6.07) is 0. The minimum atomic E-state index is -1.32. The summed E-state index contributed by atoms with van der Waals surface area (Å²) in [6.07, 6.45) is 2.81. The predicted molar refractivity (Wildman–Crippen MR) is 98.2 cm³/mol. The van der Waals surface area contributed by atoms with Gasteiger partial charge >= 0.3 is 5.97 Å². The van der Waals surface area contributed by atoms with E-state index in [1.165, 1.54) is 0 Å². The van der Waals surface area contributed by atoms with Gasteiger partial charge in [-0.1, -0.05) is 27.7 Å². The van der Waals surface area contributed by atoms with Crippen LogP contribution in [0.2, 0.25) is 0 Å². The molecule has 0 fully saturated rings. The summed E-state index contributed by atoms with van der Waals surface area (Å²) >= 11 is 0. The van der Waals surface area contributed by atoms with Crippen molar-refractivity contribution in [3.05, 3.63) is 5.56 Å². The van der Waals surface area contributed by atoms with Gasteiger partial charge in [0.2, 0.25) is 17.2 Å². The van der Waals surface area contributed by atoms with Crippen molar-refractivity contribution < 1.29 is 34.0 Å². The zero-order valence-corrected chi connectivity index (χ0v) is 16.1. The van der Waals surface area contributed by atoms with Crippen LogP contribution >= 0.6 is 0 Å². The van der Waals surface area contributed by atoms with Gasteiger partial charge < -0.3 is 29.2 Å². The SMILES string of the molecule is CCCOc1c(O)c(C(=O)O)c(OCCC)c(OCCC)c1OCCC. The smallest absolute Gasteiger partial charge is 0.343 e. The van der Waals surface area contributed by atoms with Crippen LogP contribution in [0.25, 0.3) is 0 Å². The van der Waals surface area contributed by atoms with Gasteiger partial charge in [-0.25, -0.2) is 4.79 Å². The molecule has 1 rings (SSSR count). The molecular formula is C19H30O7. The van der Waals surface area contributed by atoms with E-state index in [1.807, 2.05) is 27.7 Å². The summed E-state index contributed by atoms with van der Waals surface area (Å²) in [7, 11) is 0. The van der Waals surface area contributed by atoms with Crippen LogP contribution in [-0.4, -0.2) is 42.6 Å². The van der Waals surface area contributed by atoms with Crippen molar-refractivity contribution >= 4 is 5.97 Å². The molecule has 2 N–H and O–H groups in total. The molecule has 0 bridgehead atoms. The maximum absolute atomic E-state index is 11.8. The molecule has 148 valence electrons. The molecule has 0 atom stereocenters. The fourth-order valence-corrected chi connectivity index (χ4v) is 2.20. The summed E-state index contributed by atoms with van der Waals surface area (Å²) < 4.78 is 22.8. The lowest BCUT2D eigenvalue weighted by Crippen LogP contribution is -2.12. The van der Waals surface area contributed by atoms with Gasteiger partial charge in [0.05, 0.1) is 26.4 Å². The summed E-state index contributed by atoms with van der Waals surface area (Å²) in [6.45, 7) is 8.99. The standard InChI is InChI=1S/C19H30O7/c1-5-9-23-15-13(19(21)22)14(20)16(24-10-6-2)18(26-12-8-4)17(15)25-11-7-3/h20H,5-12H2,1-4H3,(H,21,22). The largest absolute Gasteiger partial charge is 0.503 e. The zero-order chi connectivity index (χ0) is 19.5. The van der Waals surface area contributed by atoms with Gasteiger partial charge in [0, 0.05) is 0 Å². The van der Waals surface area contributed by atoms with Crippen LogP contribution < -0.4 is 18.9 Å². The fraction of sp³-hybridized carbons (Fsp3) is 0.632. The molecule has 0 spiro atoms. The Morgan fingerprint density at radius 2 is 1.04 bits per heavy atom. The molecule has 0 heterocycles. The summed E-state index contributed by atoms with van der Waals surface area (Å²) in [5.74, 6) is -1.53. The summed E-state index contributed by atoms with van der Waals surface area (Å²) in [5.41, 5.74) is -0.375. The Bertz CT molecular complexity index is 584. The van der Waals surface area contributed by atoms with Crippen LogP contribution in [-0.2, 0) is 0 Å². The Morgan fingerprint density at radius 3 is 1.42 bits per heavy atom. The topological polar surface area (TPSA) is 94.5 Å². The highest BCUT2D eigenvalue weighted by atomic mass is 16.6. The highest BCUT2D eigenvalue weighted by molar-refractivity contribution is 5.97. The number of hydrogen-bond acceptors (Lipinski definition) is 6. The second-order valence-corrected chi connectivity index (χ2v) is 5.74. The maximum Gasteiger partial charge on any atom is 0.343 e. The minimum absolute atomic E-state index is 0.0207. The highest BCUT2D eigenvalue weighted by Gasteiger charge is 2.32. The third-order valence-electron chi connectivity index (χ3n) is 3.31. The van der Waals surface area contributed by atoms with Crippen molar-refractivity contribution in [2.24, 2.45) is 0 Å². The van der Waals surface area contributed by atoms with Gasteiger partial charge in [-0.3, -0.25) is 0 Å². The minimum Gasteiger partial charge on any atom is -0.503 e. The second-order valence-electron chi connectivity index (χ2n) is 5.74. The summed E-state index contributed by atoms with van der Waals surface area (Å²) in [4.78, 5) is 11.8. The predicted octanol–water partition coefficient (Wildman–Crippen LogP) is 4.25. The molecule has 0 saturated heterocycles. The molecule has 0 aromatic heterocycles. The third kappa shape index (κ3) is 5.34. The number of aromatic hydroxyl groups is 1. The van der Waals surface area contributed by atoms with E-state index < -0.39 is 11.7 Å². The van der Waals surface area contributed by atoms with Crippen molar-refractivity contribution in [2.45, 2.75) is 53.4 Å². The molecule has 0 radical (unpaired) electrons. The van der Waals surface area contributed by atoms with Gasteiger partial charge in [0.15, 0.2) is 17.1 Å². The van der Waals surface area contributed by atoms with Crippen LogP contribution in [0.4, 0.5) is 0 Å². The Hall–Kier alpha value is -2.31. The number of phenols is 1. The fourth-order valence-electron chi connectivity index (χ4n) is 2.20. The van der Waals surface area contributed by atoms with Crippen LogP contribution in [0.1, 0.15) is 63.7 Å². The molecule has 0 unspecified atom stereocenters. The Morgan fingerprint density at radius 1 is 0.692 bits per heavy atom. The molecule has 7 nitrogen and oxygen atoms in total. The van der Waals surface area contributed by atoms with Crippen molar-refractivity contribution in [3.63, 3.8) is 0 Å². The van der Waals surface area contributed by atoms with Crippen LogP contribution in [0, 0.1) is 0 Å². The Balaban J connectivity index is 3.65. The number of aromatic carboxylic acids is 1. The monoisotopic (exact) mass is 370 g/mol. The number of rotatable bonds is 13. The molecule has 26 heavy (non-hydrogen) atoms. The second kappa shape index (κ2) is 11.3. The van der Waals surface area contributed by atoms with E-state index >= 15 is 0 Å². The van der Waals surface area contributed by atoms with E-state index in [0.29, 0.717) is 32.7 Å². The maximum atomic E-state index is 11.8. The molecular weight excluding hydrogens is 340 g/mol. The highest BCUT2D eigenvalue weighted by Crippen LogP contribution is 2.53. The van der Waals surface area contributed by atoms with Crippen molar-refractivity contribution in [1.82, 2.24) is 0 Å². The van der Waals surface area contributed by atoms with Crippen LogP contribution in [0.3, 0.4) is 0 Å². The Kier molecular flexibility index (Phi) is 9.47. The number of carboxylic acid groups (broad SMARTS) is 1. The van der Waals surface area contributed by atoms with Crippen molar-refractivity contribution in [1.29, 1.82) is 0 Å². The van der Waals surface area contributed by atoms with Gasteiger partial charge in [0.25, 0.3) is 0 Å². The lowest BCUT2D eigenvalue weighted by molar-refractivity contribution is 0.0686. The molecule has 0 aliphatic carbocycles. The van der Waals surface area contributed by atoms with E-state index in [0.717, 1.165) is 12.8 Å². The molecule has 1 aromatic rings. The third-order valence-corrected chi connectivity index (χ3v) is 3.31. The molecule has 7 heteroatoms. The first-order chi connectivity index (χ1) is 12.5. The van der Waals surface area contributed by atoms with Gasteiger partial charge in [-0.2, -0.15) is 0 Å². The van der Waals surface area contributed by atoms with Crippen LogP contribution in [0.15, 0.2) is 0 Å². The molecule has 0 saturated carbocycles. The average Bonchev–Trinajstić information content (AvgIpc) is 2.62.